The molecule has 1 heterocycles. The minimum absolute atomic E-state index is 0.627. The maximum Gasteiger partial charge on any atom is 0.0619 e. The summed E-state index contributed by atoms with van der Waals surface area (Å²) in [5, 5.41) is 3.68. The highest BCUT2D eigenvalue weighted by atomic mass is 16.5. The summed E-state index contributed by atoms with van der Waals surface area (Å²) in [6, 6.07) is 2.33. The molecule has 2 aliphatic carbocycles. The van der Waals surface area contributed by atoms with E-state index in [0.717, 1.165) is 37.8 Å². The fourth-order valence-corrected chi connectivity index (χ4v) is 3.06. The summed E-state index contributed by atoms with van der Waals surface area (Å²) in [5.41, 5.74) is 0. The van der Waals surface area contributed by atoms with E-state index in [9.17, 15) is 0 Å². The van der Waals surface area contributed by atoms with Crippen LogP contribution in [0, 0.1) is 5.92 Å². The first-order chi connectivity index (χ1) is 7.84. The predicted molar refractivity (Wildman–Crippen MR) is 64.5 cm³/mol. The van der Waals surface area contributed by atoms with Crippen molar-refractivity contribution in [2.24, 2.45) is 5.92 Å². The van der Waals surface area contributed by atoms with Gasteiger partial charge in [-0.3, -0.25) is 4.90 Å². The lowest BCUT2D eigenvalue weighted by molar-refractivity contribution is -0.0588. The van der Waals surface area contributed by atoms with E-state index in [1.54, 1.807) is 0 Å². The third-order valence-corrected chi connectivity index (χ3v) is 4.47. The second-order valence-electron chi connectivity index (χ2n) is 5.75. The normalized spacial score (nSPS) is 40.7. The Bertz CT molecular complexity index is 242. The average Bonchev–Trinajstić information content (AvgIpc) is 3.04. The van der Waals surface area contributed by atoms with Crippen molar-refractivity contribution in [2.45, 2.75) is 50.7 Å². The molecule has 3 rings (SSSR count). The van der Waals surface area contributed by atoms with Crippen LogP contribution in [0.4, 0.5) is 0 Å². The minimum atomic E-state index is 0.627. The molecule has 92 valence electrons. The third-order valence-electron chi connectivity index (χ3n) is 4.47. The number of hydrogen-bond donors (Lipinski definition) is 1. The topological polar surface area (TPSA) is 24.5 Å². The molecule has 3 unspecified atom stereocenters. The van der Waals surface area contributed by atoms with E-state index in [2.05, 4.69) is 17.1 Å². The van der Waals surface area contributed by atoms with E-state index in [1.165, 1.54) is 32.2 Å². The minimum Gasteiger partial charge on any atom is -0.379 e. The van der Waals surface area contributed by atoms with Gasteiger partial charge in [-0.15, -0.1) is 0 Å². The number of nitrogens with one attached hydrogen (secondary N) is 1. The quantitative estimate of drug-likeness (QED) is 0.777. The van der Waals surface area contributed by atoms with E-state index >= 15 is 0 Å². The Hall–Kier alpha value is -0.120. The zero-order valence-corrected chi connectivity index (χ0v) is 10.3. The zero-order valence-electron chi connectivity index (χ0n) is 10.3. The van der Waals surface area contributed by atoms with Gasteiger partial charge >= 0.3 is 0 Å². The molecule has 0 aromatic carbocycles. The fourth-order valence-electron chi connectivity index (χ4n) is 3.06. The summed E-state index contributed by atoms with van der Waals surface area (Å²) >= 11 is 0. The molecule has 1 saturated heterocycles. The van der Waals surface area contributed by atoms with Crippen LogP contribution < -0.4 is 5.32 Å². The lowest BCUT2D eigenvalue weighted by atomic mass is 9.77. The van der Waals surface area contributed by atoms with Crippen molar-refractivity contribution in [1.82, 2.24) is 10.2 Å². The number of hydrogen-bond acceptors (Lipinski definition) is 3. The molecule has 2 saturated carbocycles. The van der Waals surface area contributed by atoms with Crippen LogP contribution in [-0.2, 0) is 4.74 Å². The van der Waals surface area contributed by atoms with Gasteiger partial charge in [0.25, 0.3) is 0 Å². The average molecular weight is 224 g/mol. The Kier molecular flexibility index (Phi) is 3.18. The van der Waals surface area contributed by atoms with Crippen LogP contribution in [0.25, 0.3) is 0 Å². The highest BCUT2D eigenvalue weighted by Gasteiger charge is 2.38. The van der Waals surface area contributed by atoms with Gasteiger partial charge in [-0.1, -0.05) is 0 Å². The molecule has 3 atom stereocenters. The summed E-state index contributed by atoms with van der Waals surface area (Å²) in [5.74, 6) is 0.904. The maximum absolute atomic E-state index is 5.52. The Labute approximate surface area is 98.5 Å². The van der Waals surface area contributed by atoms with Gasteiger partial charge in [0.15, 0.2) is 0 Å². The van der Waals surface area contributed by atoms with E-state index in [0.29, 0.717) is 6.04 Å². The molecule has 0 spiro atoms. The Morgan fingerprint density at radius 1 is 1.25 bits per heavy atom. The van der Waals surface area contributed by atoms with Crippen LogP contribution in [0.1, 0.15) is 32.6 Å². The number of morpholine rings is 1. The Morgan fingerprint density at radius 2 is 2.12 bits per heavy atom. The van der Waals surface area contributed by atoms with Gasteiger partial charge in [-0.05, 0) is 45.1 Å². The number of nitrogens with zero attached hydrogens (tertiary/aromatic N) is 1. The van der Waals surface area contributed by atoms with Gasteiger partial charge in [0.05, 0.1) is 13.2 Å². The molecule has 0 aromatic heterocycles. The summed E-state index contributed by atoms with van der Waals surface area (Å²) < 4.78 is 5.52. The summed E-state index contributed by atoms with van der Waals surface area (Å²) in [6.07, 6.45) is 5.65. The molecule has 3 nitrogen and oxygen atoms in total. The van der Waals surface area contributed by atoms with Crippen molar-refractivity contribution in [2.75, 3.05) is 26.3 Å². The monoisotopic (exact) mass is 224 g/mol. The molecule has 16 heavy (non-hydrogen) atoms. The molecule has 0 aromatic rings. The van der Waals surface area contributed by atoms with Crippen LogP contribution >= 0.6 is 0 Å². The highest BCUT2D eigenvalue weighted by Crippen LogP contribution is 2.34. The second-order valence-corrected chi connectivity index (χ2v) is 5.75. The molecule has 1 aliphatic heterocycles. The van der Waals surface area contributed by atoms with Crippen LogP contribution in [0.15, 0.2) is 0 Å². The molecule has 3 heteroatoms. The van der Waals surface area contributed by atoms with E-state index in [4.69, 9.17) is 4.74 Å². The Balaban J connectivity index is 1.48. The van der Waals surface area contributed by atoms with Gasteiger partial charge in [0.2, 0.25) is 0 Å². The van der Waals surface area contributed by atoms with Gasteiger partial charge in [0, 0.05) is 24.7 Å². The van der Waals surface area contributed by atoms with E-state index in [-0.39, 0.29) is 0 Å². The van der Waals surface area contributed by atoms with E-state index in [1.807, 2.05) is 0 Å². The van der Waals surface area contributed by atoms with Gasteiger partial charge in [0.1, 0.15) is 0 Å². The first-order valence-electron chi connectivity index (χ1n) is 6.91. The maximum atomic E-state index is 5.52. The zero-order chi connectivity index (χ0) is 11.0. The van der Waals surface area contributed by atoms with Gasteiger partial charge < -0.3 is 10.1 Å². The van der Waals surface area contributed by atoms with Crippen LogP contribution in [-0.4, -0.2) is 49.3 Å². The number of rotatable bonds is 4. The molecular weight excluding hydrogens is 200 g/mol. The molecule has 3 aliphatic rings. The molecular formula is C13H24N2O. The largest absolute Gasteiger partial charge is 0.379 e. The Morgan fingerprint density at radius 3 is 2.75 bits per heavy atom. The van der Waals surface area contributed by atoms with Crippen molar-refractivity contribution in [1.29, 1.82) is 0 Å². The summed E-state index contributed by atoms with van der Waals surface area (Å²) in [4.78, 5) is 2.69. The molecule has 0 radical (unpaired) electrons. The standard InChI is InChI=1S/C13H24N2O/c1-10-9-16-7-6-15(10)13-5-2-11(13)8-14-12-3-4-12/h10-14H,2-9H2,1H3. The third kappa shape index (κ3) is 2.27. The second kappa shape index (κ2) is 4.63. The predicted octanol–water partition coefficient (Wildman–Crippen LogP) is 1.24. The molecule has 0 amide bonds. The first kappa shape index (κ1) is 11.0. The smallest absolute Gasteiger partial charge is 0.0619 e. The number of ether oxygens (including phenoxy) is 1. The van der Waals surface area contributed by atoms with Crippen LogP contribution in [0.5, 0.6) is 0 Å². The van der Waals surface area contributed by atoms with Crippen molar-refractivity contribution < 1.29 is 4.74 Å². The van der Waals surface area contributed by atoms with Crippen molar-refractivity contribution in [3.05, 3.63) is 0 Å². The molecule has 1 N–H and O–H groups in total. The van der Waals surface area contributed by atoms with Crippen molar-refractivity contribution in [3.8, 4) is 0 Å². The van der Waals surface area contributed by atoms with Gasteiger partial charge in [-0.2, -0.15) is 0 Å². The SMILES string of the molecule is CC1COCCN1C1CCC1CNC1CC1. The highest BCUT2D eigenvalue weighted by molar-refractivity contribution is 4.94. The van der Waals surface area contributed by atoms with Crippen LogP contribution in [0.2, 0.25) is 0 Å². The summed E-state index contributed by atoms with van der Waals surface area (Å²) in [7, 11) is 0. The fraction of sp³-hybridized carbons (Fsp3) is 1.00. The lowest BCUT2D eigenvalue weighted by Crippen LogP contribution is -2.57. The van der Waals surface area contributed by atoms with Crippen molar-refractivity contribution in [3.63, 3.8) is 0 Å². The first-order valence-corrected chi connectivity index (χ1v) is 6.91. The summed E-state index contributed by atoms with van der Waals surface area (Å²) in [6.45, 7) is 6.57. The van der Waals surface area contributed by atoms with Gasteiger partial charge in [-0.25, -0.2) is 0 Å². The lowest BCUT2D eigenvalue weighted by Gasteiger charge is -2.48. The molecule has 0 bridgehead atoms. The van der Waals surface area contributed by atoms with E-state index < -0.39 is 0 Å². The van der Waals surface area contributed by atoms with Crippen LogP contribution in [0.3, 0.4) is 0 Å². The molecule has 3 fully saturated rings. The van der Waals surface area contributed by atoms with Crippen molar-refractivity contribution >= 4 is 0 Å².